The number of hydrogen-bond acceptors (Lipinski definition) is 6. The van der Waals surface area contributed by atoms with Crippen LogP contribution in [0.15, 0.2) is 16.9 Å². The van der Waals surface area contributed by atoms with E-state index in [4.69, 9.17) is 4.42 Å². The average Bonchev–Trinajstić information content (AvgIpc) is 3.02. The van der Waals surface area contributed by atoms with Crippen molar-refractivity contribution in [1.82, 2.24) is 15.0 Å². The SMILES string of the molecule is CCc1cnc(CNc2ncnc3sc(C)c(C)c23)o1. The molecule has 0 bridgehead atoms. The van der Waals surface area contributed by atoms with Crippen LogP contribution in [0, 0.1) is 13.8 Å². The van der Waals surface area contributed by atoms with Gasteiger partial charge in [0, 0.05) is 11.3 Å². The third kappa shape index (κ3) is 2.27. The van der Waals surface area contributed by atoms with E-state index in [9.17, 15) is 0 Å². The Labute approximate surface area is 121 Å². The normalized spacial score (nSPS) is 11.2. The molecule has 0 saturated heterocycles. The van der Waals surface area contributed by atoms with Crippen LogP contribution in [0.1, 0.15) is 29.0 Å². The molecule has 3 rings (SSSR count). The minimum atomic E-state index is 0.528. The Hall–Kier alpha value is -1.95. The standard InChI is InChI=1S/C14H16N4OS/c1-4-10-5-15-11(19-10)6-16-13-12-8(2)9(3)20-14(12)18-7-17-13/h5,7H,4,6H2,1-3H3,(H,16,17,18). The Morgan fingerprint density at radius 3 is 2.85 bits per heavy atom. The molecule has 0 radical (unpaired) electrons. The molecule has 0 aliphatic rings. The maximum Gasteiger partial charge on any atom is 0.213 e. The summed E-state index contributed by atoms with van der Waals surface area (Å²) in [7, 11) is 0. The molecule has 20 heavy (non-hydrogen) atoms. The van der Waals surface area contributed by atoms with Gasteiger partial charge in [0.25, 0.3) is 0 Å². The topological polar surface area (TPSA) is 63.8 Å². The molecule has 0 spiro atoms. The third-order valence-corrected chi connectivity index (χ3v) is 4.44. The van der Waals surface area contributed by atoms with E-state index < -0.39 is 0 Å². The molecule has 3 heterocycles. The van der Waals surface area contributed by atoms with Crippen LogP contribution in [0.4, 0.5) is 5.82 Å². The van der Waals surface area contributed by atoms with E-state index in [1.54, 1.807) is 23.9 Å². The number of oxazole rings is 1. The first-order valence-corrected chi connectivity index (χ1v) is 7.38. The molecule has 104 valence electrons. The zero-order chi connectivity index (χ0) is 14.1. The number of hydrogen-bond donors (Lipinski definition) is 1. The molecule has 6 heteroatoms. The summed E-state index contributed by atoms with van der Waals surface area (Å²) in [6.07, 6.45) is 4.22. The Balaban J connectivity index is 1.87. The van der Waals surface area contributed by atoms with Gasteiger partial charge >= 0.3 is 0 Å². The van der Waals surface area contributed by atoms with E-state index in [1.165, 1.54) is 10.4 Å². The molecule has 0 fully saturated rings. The maximum absolute atomic E-state index is 5.59. The summed E-state index contributed by atoms with van der Waals surface area (Å²) in [5, 5.41) is 4.39. The van der Waals surface area contributed by atoms with Crippen molar-refractivity contribution in [2.75, 3.05) is 5.32 Å². The molecule has 0 unspecified atom stereocenters. The largest absolute Gasteiger partial charge is 0.444 e. The number of nitrogens with zero attached hydrogens (tertiary/aromatic N) is 3. The number of nitrogens with one attached hydrogen (secondary N) is 1. The molecular weight excluding hydrogens is 272 g/mol. The van der Waals surface area contributed by atoms with Crippen molar-refractivity contribution < 1.29 is 4.42 Å². The van der Waals surface area contributed by atoms with Gasteiger partial charge in [-0.25, -0.2) is 15.0 Å². The van der Waals surface area contributed by atoms with E-state index in [2.05, 4.69) is 34.1 Å². The molecule has 0 atom stereocenters. The lowest BCUT2D eigenvalue weighted by Crippen LogP contribution is -2.02. The predicted molar refractivity (Wildman–Crippen MR) is 80.1 cm³/mol. The molecule has 0 saturated carbocycles. The summed E-state index contributed by atoms with van der Waals surface area (Å²) >= 11 is 1.69. The summed E-state index contributed by atoms with van der Waals surface area (Å²) < 4.78 is 5.59. The monoisotopic (exact) mass is 288 g/mol. The van der Waals surface area contributed by atoms with Crippen molar-refractivity contribution in [3.63, 3.8) is 0 Å². The van der Waals surface area contributed by atoms with Gasteiger partial charge in [-0.3, -0.25) is 0 Å². The van der Waals surface area contributed by atoms with E-state index in [0.29, 0.717) is 12.4 Å². The summed E-state index contributed by atoms with van der Waals surface area (Å²) in [4.78, 5) is 15.2. The van der Waals surface area contributed by atoms with Gasteiger partial charge < -0.3 is 9.73 Å². The van der Waals surface area contributed by atoms with Gasteiger partial charge in [0.1, 0.15) is 22.7 Å². The molecule has 3 aromatic rings. The van der Waals surface area contributed by atoms with E-state index in [0.717, 1.165) is 28.2 Å². The fraction of sp³-hybridized carbons (Fsp3) is 0.357. The molecule has 1 N–H and O–H groups in total. The highest BCUT2D eigenvalue weighted by Gasteiger charge is 2.12. The minimum Gasteiger partial charge on any atom is -0.444 e. The van der Waals surface area contributed by atoms with Gasteiger partial charge in [0.15, 0.2) is 0 Å². The predicted octanol–water partition coefficient (Wildman–Crippen LogP) is 3.47. The Morgan fingerprint density at radius 1 is 1.25 bits per heavy atom. The number of aromatic nitrogens is 3. The maximum atomic E-state index is 5.59. The first-order chi connectivity index (χ1) is 9.69. The first kappa shape index (κ1) is 13.1. The van der Waals surface area contributed by atoms with Crippen LogP contribution in [-0.4, -0.2) is 15.0 Å². The summed E-state index contributed by atoms with van der Waals surface area (Å²) in [5.74, 6) is 2.42. The zero-order valence-corrected chi connectivity index (χ0v) is 12.5. The molecule has 0 amide bonds. The number of anilines is 1. The Bertz CT molecular complexity index is 747. The smallest absolute Gasteiger partial charge is 0.213 e. The lowest BCUT2D eigenvalue weighted by molar-refractivity contribution is 0.465. The minimum absolute atomic E-state index is 0.528. The Kier molecular flexibility index (Phi) is 3.40. The Morgan fingerprint density at radius 2 is 2.10 bits per heavy atom. The van der Waals surface area contributed by atoms with E-state index in [1.807, 2.05) is 6.92 Å². The molecule has 0 aromatic carbocycles. The van der Waals surface area contributed by atoms with Crippen LogP contribution in [0.3, 0.4) is 0 Å². The summed E-state index contributed by atoms with van der Waals surface area (Å²) in [5.41, 5.74) is 1.23. The average molecular weight is 288 g/mol. The van der Waals surface area contributed by atoms with Crippen LogP contribution < -0.4 is 5.32 Å². The molecule has 0 aliphatic heterocycles. The molecule has 5 nitrogen and oxygen atoms in total. The van der Waals surface area contributed by atoms with Gasteiger partial charge in [-0.1, -0.05) is 6.92 Å². The first-order valence-electron chi connectivity index (χ1n) is 6.57. The number of thiophene rings is 1. The van der Waals surface area contributed by atoms with Crippen molar-refractivity contribution in [2.45, 2.75) is 33.7 Å². The molecule has 3 aromatic heterocycles. The van der Waals surface area contributed by atoms with Crippen LogP contribution >= 0.6 is 11.3 Å². The van der Waals surface area contributed by atoms with E-state index >= 15 is 0 Å². The van der Waals surface area contributed by atoms with Crippen LogP contribution in [-0.2, 0) is 13.0 Å². The number of rotatable bonds is 4. The van der Waals surface area contributed by atoms with Gasteiger partial charge in [-0.05, 0) is 19.4 Å². The number of fused-ring (bicyclic) bond motifs is 1. The van der Waals surface area contributed by atoms with Gasteiger partial charge in [-0.15, -0.1) is 11.3 Å². The van der Waals surface area contributed by atoms with Crippen LogP contribution in [0.5, 0.6) is 0 Å². The van der Waals surface area contributed by atoms with Crippen molar-refractivity contribution in [3.8, 4) is 0 Å². The van der Waals surface area contributed by atoms with Crippen molar-refractivity contribution in [3.05, 3.63) is 34.6 Å². The highest BCUT2D eigenvalue weighted by Crippen LogP contribution is 2.32. The lowest BCUT2D eigenvalue weighted by Gasteiger charge is -2.04. The van der Waals surface area contributed by atoms with Gasteiger partial charge in [0.2, 0.25) is 5.89 Å². The second kappa shape index (κ2) is 5.20. The zero-order valence-electron chi connectivity index (χ0n) is 11.7. The number of aryl methyl sites for hydroxylation is 3. The third-order valence-electron chi connectivity index (χ3n) is 3.32. The second-order valence-electron chi connectivity index (χ2n) is 4.61. The van der Waals surface area contributed by atoms with Crippen LogP contribution in [0.25, 0.3) is 10.2 Å². The van der Waals surface area contributed by atoms with Crippen molar-refractivity contribution in [1.29, 1.82) is 0 Å². The molecular formula is C14H16N4OS. The van der Waals surface area contributed by atoms with Crippen LogP contribution in [0.2, 0.25) is 0 Å². The lowest BCUT2D eigenvalue weighted by atomic mass is 10.2. The second-order valence-corrected chi connectivity index (χ2v) is 5.82. The summed E-state index contributed by atoms with van der Waals surface area (Å²) in [6, 6.07) is 0. The van der Waals surface area contributed by atoms with Crippen molar-refractivity contribution in [2.24, 2.45) is 0 Å². The fourth-order valence-electron chi connectivity index (χ4n) is 2.07. The highest BCUT2D eigenvalue weighted by molar-refractivity contribution is 7.18. The van der Waals surface area contributed by atoms with Crippen molar-refractivity contribution >= 4 is 27.4 Å². The summed E-state index contributed by atoms with van der Waals surface area (Å²) in [6.45, 7) is 6.78. The fourth-order valence-corrected chi connectivity index (χ4v) is 3.07. The molecule has 0 aliphatic carbocycles. The quantitative estimate of drug-likeness (QED) is 0.796. The highest BCUT2D eigenvalue weighted by atomic mass is 32.1. The van der Waals surface area contributed by atoms with E-state index in [-0.39, 0.29) is 0 Å². The van der Waals surface area contributed by atoms with Gasteiger partial charge in [-0.2, -0.15) is 0 Å². The van der Waals surface area contributed by atoms with Gasteiger partial charge in [0.05, 0.1) is 18.1 Å².